The Morgan fingerprint density at radius 2 is 1.74 bits per heavy atom. The van der Waals surface area contributed by atoms with Crippen molar-refractivity contribution < 1.29 is 19.0 Å². The average Bonchev–Trinajstić information content (AvgIpc) is 2.56. The predicted molar refractivity (Wildman–Crippen MR) is 89.1 cm³/mol. The number of aryl methyl sites for hydroxylation is 3. The van der Waals surface area contributed by atoms with Crippen LogP contribution in [0.5, 0.6) is 11.5 Å². The monoisotopic (exact) mass is 314 g/mol. The zero-order valence-electron chi connectivity index (χ0n) is 14.0. The van der Waals surface area contributed by atoms with Crippen LogP contribution in [-0.4, -0.2) is 13.3 Å². The van der Waals surface area contributed by atoms with Crippen LogP contribution in [0.2, 0.25) is 0 Å². The molecule has 0 heterocycles. The van der Waals surface area contributed by atoms with E-state index >= 15 is 0 Å². The average molecular weight is 314 g/mol. The van der Waals surface area contributed by atoms with E-state index in [9.17, 15) is 4.79 Å². The van der Waals surface area contributed by atoms with Crippen LogP contribution in [0.25, 0.3) is 0 Å². The van der Waals surface area contributed by atoms with Gasteiger partial charge in [0.05, 0.1) is 7.11 Å². The molecule has 0 radical (unpaired) electrons. The predicted octanol–water partition coefficient (Wildman–Crippen LogP) is 4.59. The first-order valence-corrected chi connectivity index (χ1v) is 7.61. The summed E-state index contributed by atoms with van der Waals surface area (Å²) in [5.41, 5.74) is 4.42. The molecule has 0 atom stereocenters. The van der Waals surface area contributed by atoms with E-state index in [1.165, 1.54) is 18.2 Å². The van der Waals surface area contributed by atoms with E-state index in [4.69, 9.17) is 9.47 Å². The van der Waals surface area contributed by atoms with E-state index < -0.39 is 6.16 Å². The van der Waals surface area contributed by atoms with Gasteiger partial charge in [0.15, 0.2) is 0 Å². The molecule has 122 valence electrons. The molecule has 0 spiro atoms. The number of benzene rings is 2. The van der Waals surface area contributed by atoms with Gasteiger partial charge >= 0.3 is 6.16 Å². The van der Waals surface area contributed by atoms with E-state index in [0.29, 0.717) is 12.4 Å². The molecule has 0 saturated carbocycles. The minimum absolute atomic E-state index is 0.318. The second-order valence-corrected chi connectivity index (χ2v) is 5.35. The van der Waals surface area contributed by atoms with Crippen LogP contribution in [0.1, 0.15) is 29.2 Å². The molecule has 0 aromatic heterocycles. The van der Waals surface area contributed by atoms with Crippen molar-refractivity contribution in [1.82, 2.24) is 0 Å². The van der Waals surface area contributed by atoms with E-state index in [2.05, 4.69) is 30.7 Å². The lowest BCUT2D eigenvalue weighted by Gasteiger charge is -2.14. The zero-order chi connectivity index (χ0) is 16.8. The van der Waals surface area contributed by atoms with Crippen LogP contribution >= 0.6 is 0 Å². The maximum absolute atomic E-state index is 11.3. The summed E-state index contributed by atoms with van der Waals surface area (Å²) in [6.07, 6.45) is 0.264. The van der Waals surface area contributed by atoms with E-state index in [1.807, 2.05) is 19.1 Å². The number of rotatable bonds is 5. The molecule has 2 aromatic rings. The van der Waals surface area contributed by atoms with Crippen LogP contribution in [0, 0.1) is 13.8 Å². The van der Waals surface area contributed by atoms with Gasteiger partial charge in [-0.25, -0.2) is 4.79 Å². The highest BCUT2D eigenvalue weighted by atomic mass is 16.7. The Labute approximate surface area is 137 Å². The highest BCUT2D eigenvalue weighted by molar-refractivity contribution is 5.64. The fourth-order valence-electron chi connectivity index (χ4n) is 2.40. The van der Waals surface area contributed by atoms with Crippen molar-refractivity contribution >= 4 is 6.16 Å². The van der Waals surface area contributed by atoms with Gasteiger partial charge in [0.2, 0.25) is 0 Å². The van der Waals surface area contributed by atoms with Gasteiger partial charge in [-0.15, -0.1) is 0 Å². The van der Waals surface area contributed by atoms with Crippen molar-refractivity contribution in [2.24, 2.45) is 0 Å². The standard InChI is InChI=1S/C19H22O4/c1-5-15-10-14(3)18(11-13(15)2)22-12-16-8-6-7-9-17(16)23-19(20)21-4/h6-11H,5,12H2,1-4H3. The Kier molecular flexibility index (Phi) is 5.63. The lowest BCUT2D eigenvalue weighted by atomic mass is 10.0. The summed E-state index contributed by atoms with van der Waals surface area (Å²) in [7, 11) is 1.28. The SMILES string of the molecule is CCc1cc(C)c(OCc2ccccc2OC(=O)OC)cc1C. The molecule has 0 N–H and O–H groups in total. The van der Waals surface area contributed by atoms with Gasteiger partial charge in [-0.2, -0.15) is 0 Å². The first-order valence-electron chi connectivity index (χ1n) is 7.61. The van der Waals surface area contributed by atoms with Crippen molar-refractivity contribution in [3.8, 4) is 11.5 Å². The van der Waals surface area contributed by atoms with Gasteiger partial charge in [-0.3, -0.25) is 0 Å². The van der Waals surface area contributed by atoms with Crippen LogP contribution < -0.4 is 9.47 Å². The number of methoxy groups -OCH3 is 1. The van der Waals surface area contributed by atoms with Crippen LogP contribution in [0.15, 0.2) is 36.4 Å². The number of carbonyl (C=O) groups is 1. The maximum atomic E-state index is 11.3. The summed E-state index contributed by atoms with van der Waals surface area (Å²) in [6.45, 7) is 6.58. The molecule has 23 heavy (non-hydrogen) atoms. The first-order chi connectivity index (χ1) is 11.0. The smallest absolute Gasteiger partial charge is 0.488 e. The van der Waals surface area contributed by atoms with E-state index in [0.717, 1.165) is 23.3 Å². The summed E-state index contributed by atoms with van der Waals surface area (Å²) >= 11 is 0. The van der Waals surface area contributed by atoms with Crippen molar-refractivity contribution in [2.75, 3.05) is 7.11 Å². The molecule has 2 aromatic carbocycles. The van der Waals surface area contributed by atoms with Gasteiger partial charge in [-0.05, 0) is 49.1 Å². The fourth-order valence-corrected chi connectivity index (χ4v) is 2.40. The molecule has 4 nitrogen and oxygen atoms in total. The normalized spacial score (nSPS) is 10.3. The highest BCUT2D eigenvalue weighted by Crippen LogP contribution is 2.26. The van der Waals surface area contributed by atoms with Gasteiger partial charge in [-0.1, -0.05) is 31.2 Å². The summed E-state index contributed by atoms with van der Waals surface area (Å²) in [4.78, 5) is 11.3. The summed E-state index contributed by atoms with van der Waals surface area (Å²) in [5, 5.41) is 0. The topological polar surface area (TPSA) is 44.8 Å². The van der Waals surface area contributed by atoms with Crippen LogP contribution in [0.4, 0.5) is 4.79 Å². The van der Waals surface area contributed by atoms with E-state index in [1.54, 1.807) is 12.1 Å². The molecule has 0 aliphatic rings. The first kappa shape index (κ1) is 16.9. The van der Waals surface area contributed by atoms with Crippen LogP contribution in [0.3, 0.4) is 0 Å². The molecule has 0 fully saturated rings. The molecule has 4 heteroatoms. The lowest BCUT2D eigenvalue weighted by molar-refractivity contribution is 0.120. The minimum atomic E-state index is -0.739. The van der Waals surface area contributed by atoms with Gasteiger partial charge < -0.3 is 14.2 Å². The summed E-state index contributed by atoms with van der Waals surface area (Å²) in [6, 6.07) is 11.5. The molecule has 0 bridgehead atoms. The fraction of sp³-hybridized carbons (Fsp3) is 0.316. The highest BCUT2D eigenvalue weighted by Gasteiger charge is 2.10. The Balaban J connectivity index is 2.15. The van der Waals surface area contributed by atoms with Crippen molar-refractivity contribution in [3.05, 3.63) is 58.7 Å². The largest absolute Gasteiger partial charge is 0.513 e. The third-order valence-corrected chi connectivity index (χ3v) is 3.73. The van der Waals surface area contributed by atoms with E-state index in [-0.39, 0.29) is 0 Å². The van der Waals surface area contributed by atoms with Crippen molar-refractivity contribution in [1.29, 1.82) is 0 Å². The lowest BCUT2D eigenvalue weighted by Crippen LogP contribution is -2.10. The van der Waals surface area contributed by atoms with Crippen molar-refractivity contribution in [3.63, 3.8) is 0 Å². The minimum Gasteiger partial charge on any atom is -0.488 e. The second kappa shape index (κ2) is 7.68. The molecule has 0 unspecified atom stereocenters. The molecule has 0 saturated heterocycles. The Hall–Kier alpha value is -2.49. The van der Waals surface area contributed by atoms with Crippen molar-refractivity contribution in [2.45, 2.75) is 33.8 Å². The van der Waals surface area contributed by atoms with Gasteiger partial charge in [0, 0.05) is 5.56 Å². The molecule has 0 aliphatic heterocycles. The van der Waals surface area contributed by atoms with Gasteiger partial charge in [0.1, 0.15) is 18.1 Å². The number of carbonyl (C=O) groups excluding carboxylic acids is 1. The Morgan fingerprint density at radius 3 is 2.43 bits per heavy atom. The van der Waals surface area contributed by atoms with Gasteiger partial charge in [0.25, 0.3) is 0 Å². The number of para-hydroxylation sites is 1. The third kappa shape index (κ3) is 4.25. The molecule has 0 aliphatic carbocycles. The maximum Gasteiger partial charge on any atom is 0.513 e. The zero-order valence-corrected chi connectivity index (χ0v) is 14.0. The number of hydrogen-bond acceptors (Lipinski definition) is 4. The Bertz CT molecular complexity index is 692. The van der Waals surface area contributed by atoms with Crippen LogP contribution in [-0.2, 0) is 17.8 Å². The Morgan fingerprint density at radius 1 is 1.00 bits per heavy atom. The molecular formula is C19H22O4. The molecular weight excluding hydrogens is 292 g/mol. The number of ether oxygens (including phenoxy) is 3. The third-order valence-electron chi connectivity index (χ3n) is 3.73. The summed E-state index contributed by atoms with van der Waals surface area (Å²) in [5.74, 6) is 1.28. The molecule has 2 rings (SSSR count). The summed E-state index contributed by atoms with van der Waals surface area (Å²) < 4.78 is 15.6. The number of hydrogen-bond donors (Lipinski definition) is 0. The molecule has 0 amide bonds. The quantitative estimate of drug-likeness (QED) is 0.598. The second-order valence-electron chi connectivity index (χ2n) is 5.35.